The predicted octanol–water partition coefficient (Wildman–Crippen LogP) is 2.59. The van der Waals surface area contributed by atoms with Crippen LogP contribution in [0.1, 0.15) is 25.5 Å². The van der Waals surface area contributed by atoms with Crippen LogP contribution in [0, 0.1) is 0 Å². The Kier molecular flexibility index (Phi) is 3.78. The highest BCUT2D eigenvalue weighted by molar-refractivity contribution is 5.79. The Morgan fingerprint density at radius 3 is 2.85 bits per heavy atom. The van der Waals surface area contributed by atoms with E-state index >= 15 is 0 Å². The lowest BCUT2D eigenvalue weighted by molar-refractivity contribution is 0.0326. The van der Waals surface area contributed by atoms with E-state index in [1.807, 2.05) is 39.8 Å². The van der Waals surface area contributed by atoms with Gasteiger partial charge in [-0.15, -0.1) is 5.10 Å². The number of hydrogen-bond acceptors (Lipinski definition) is 6. The van der Waals surface area contributed by atoms with E-state index in [1.54, 1.807) is 7.11 Å². The largest absolute Gasteiger partial charge is 0.381 e. The van der Waals surface area contributed by atoms with Crippen LogP contribution in [-0.4, -0.2) is 48.2 Å². The lowest BCUT2D eigenvalue weighted by Crippen LogP contribution is -2.40. The van der Waals surface area contributed by atoms with Crippen LogP contribution in [0.15, 0.2) is 37.1 Å². The maximum atomic E-state index is 5.32. The summed E-state index contributed by atoms with van der Waals surface area (Å²) in [5.41, 5.74) is 4.16. The monoisotopic (exact) mass is 363 g/mol. The number of anilines is 1. The highest BCUT2D eigenvalue weighted by Gasteiger charge is 2.29. The fourth-order valence-electron chi connectivity index (χ4n) is 3.59. The molecule has 8 nitrogen and oxygen atoms in total. The summed E-state index contributed by atoms with van der Waals surface area (Å²) in [7, 11) is 1.75. The van der Waals surface area contributed by atoms with Crippen molar-refractivity contribution < 1.29 is 4.74 Å². The minimum Gasteiger partial charge on any atom is -0.381 e. The SMILES string of the molecule is CCc1cnc2ncc(-c3ccn4nc(N[C@H]5C[C@@H](OC)C5)ncc34)cn12. The van der Waals surface area contributed by atoms with Crippen molar-refractivity contribution in [3.05, 3.63) is 42.7 Å². The number of hydrogen-bond donors (Lipinski definition) is 1. The molecule has 27 heavy (non-hydrogen) atoms. The number of aromatic nitrogens is 6. The van der Waals surface area contributed by atoms with Gasteiger partial charge in [0.2, 0.25) is 11.7 Å². The Bertz CT molecular complexity index is 1110. The average Bonchev–Trinajstić information content (AvgIpc) is 3.27. The van der Waals surface area contributed by atoms with Crippen molar-refractivity contribution in [2.24, 2.45) is 0 Å². The Hall–Kier alpha value is -3.00. The topological polar surface area (TPSA) is 81.6 Å². The smallest absolute Gasteiger partial charge is 0.241 e. The third-order valence-electron chi connectivity index (χ3n) is 5.29. The normalized spacial score (nSPS) is 19.5. The summed E-state index contributed by atoms with van der Waals surface area (Å²) < 4.78 is 9.22. The molecule has 0 bridgehead atoms. The number of methoxy groups -OCH3 is 1. The minimum atomic E-state index is 0.350. The van der Waals surface area contributed by atoms with E-state index in [1.165, 1.54) is 0 Å². The molecule has 4 heterocycles. The number of imidazole rings is 1. The molecule has 1 fully saturated rings. The molecule has 1 saturated carbocycles. The molecule has 0 aliphatic heterocycles. The molecular weight excluding hydrogens is 342 g/mol. The summed E-state index contributed by atoms with van der Waals surface area (Å²) in [6, 6.07) is 2.42. The summed E-state index contributed by atoms with van der Waals surface area (Å²) >= 11 is 0. The number of nitrogens with one attached hydrogen (secondary N) is 1. The molecule has 0 radical (unpaired) electrons. The molecule has 0 aromatic carbocycles. The van der Waals surface area contributed by atoms with Crippen molar-refractivity contribution >= 4 is 17.2 Å². The van der Waals surface area contributed by atoms with Gasteiger partial charge in [0.1, 0.15) is 0 Å². The highest BCUT2D eigenvalue weighted by Crippen LogP contribution is 2.27. The van der Waals surface area contributed by atoms with Gasteiger partial charge in [0.15, 0.2) is 0 Å². The maximum absolute atomic E-state index is 5.32. The number of nitrogens with zero attached hydrogens (tertiary/aromatic N) is 6. The first-order valence-corrected chi connectivity index (χ1v) is 9.21. The van der Waals surface area contributed by atoms with Crippen LogP contribution < -0.4 is 5.32 Å². The molecule has 4 aromatic heterocycles. The zero-order valence-electron chi connectivity index (χ0n) is 15.3. The minimum absolute atomic E-state index is 0.350. The Labute approximate surface area is 156 Å². The van der Waals surface area contributed by atoms with E-state index in [4.69, 9.17) is 4.74 Å². The van der Waals surface area contributed by atoms with E-state index in [0.717, 1.165) is 47.4 Å². The van der Waals surface area contributed by atoms with Crippen molar-refractivity contribution in [1.82, 2.24) is 29.0 Å². The van der Waals surface area contributed by atoms with Gasteiger partial charge in [-0.2, -0.15) is 0 Å². The first-order chi connectivity index (χ1) is 13.2. The van der Waals surface area contributed by atoms with Gasteiger partial charge in [0.05, 0.1) is 24.0 Å². The van der Waals surface area contributed by atoms with Gasteiger partial charge >= 0.3 is 0 Å². The van der Waals surface area contributed by atoms with Crippen LogP contribution in [0.5, 0.6) is 0 Å². The quantitative estimate of drug-likeness (QED) is 0.587. The summed E-state index contributed by atoms with van der Waals surface area (Å²) in [5, 5.41) is 7.97. The van der Waals surface area contributed by atoms with Gasteiger partial charge in [-0.25, -0.2) is 19.5 Å². The number of ether oxygens (including phenoxy) is 1. The van der Waals surface area contributed by atoms with Gasteiger partial charge in [0, 0.05) is 48.6 Å². The number of aryl methyl sites for hydroxylation is 1. The summed E-state index contributed by atoms with van der Waals surface area (Å²) in [6.45, 7) is 2.11. The molecule has 4 aromatic rings. The summed E-state index contributed by atoms with van der Waals surface area (Å²) in [6.07, 6.45) is 12.9. The van der Waals surface area contributed by atoms with Gasteiger partial charge < -0.3 is 10.1 Å². The highest BCUT2D eigenvalue weighted by atomic mass is 16.5. The molecule has 1 N–H and O–H groups in total. The second-order valence-corrected chi connectivity index (χ2v) is 6.93. The van der Waals surface area contributed by atoms with Crippen LogP contribution in [0.3, 0.4) is 0 Å². The lowest BCUT2D eigenvalue weighted by Gasteiger charge is -2.34. The first-order valence-electron chi connectivity index (χ1n) is 9.21. The molecule has 0 spiro atoms. The van der Waals surface area contributed by atoms with Gasteiger partial charge in [-0.3, -0.25) is 4.40 Å². The Balaban J connectivity index is 1.46. The van der Waals surface area contributed by atoms with E-state index in [0.29, 0.717) is 18.1 Å². The lowest BCUT2D eigenvalue weighted by atomic mass is 9.89. The third-order valence-corrected chi connectivity index (χ3v) is 5.29. The molecule has 8 heteroatoms. The zero-order chi connectivity index (χ0) is 18.4. The molecule has 5 rings (SSSR count). The van der Waals surface area contributed by atoms with Crippen LogP contribution in [0.2, 0.25) is 0 Å². The second-order valence-electron chi connectivity index (χ2n) is 6.93. The Morgan fingerprint density at radius 1 is 1.19 bits per heavy atom. The average molecular weight is 363 g/mol. The fraction of sp³-hybridized carbons (Fsp3) is 0.368. The van der Waals surface area contributed by atoms with Gasteiger partial charge in [0.25, 0.3) is 0 Å². The van der Waals surface area contributed by atoms with Crippen molar-refractivity contribution in [1.29, 1.82) is 0 Å². The molecule has 0 atom stereocenters. The van der Waals surface area contributed by atoms with E-state index in [9.17, 15) is 0 Å². The van der Waals surface area contributed by atoms with Crippen molar-refractivity contribution in [2.45, 2.75) is 38.3 Å². The molecule has 1 aliphatic rings. The van der Waals surface area contributed by atoms with Crippen LogP contribution in [0.4, 0.5) is 5.95 Å². The van der Waals surface area contributed by atoms with Crippen molar-refractivity contribution in [2.75, 3.05) is 12.4 Å². The summed E-state index contributed by atoms with van der Waals surface area (Å²) in [5.74, 6) is 1.36. The van der Waals surface area contributed by atoms with E-state index < -0.39 is 0 Å². The maximum Gasteiger partial charge on any atom is 0.241 e. The van der Waals surface area contributed by atoms with Gasteiger partial charge in [-0.1, -0.05) is 6.92 Å². The van der Waals surface area contributed by atoms with Crippen LogP contribution in [0.25, 0.3) is 22.4 Å². The van der Waals surface area contributed by atoms with Crippen LogP contribution >= 0.6 is 0 Å². The predicted molar refractivity (Wildman–Crippen MR) is 102 cm³/mol. The van der Waals surface area contributed by atoms with E-state index in [2.05, 4.69) is 38.5 Å². The fourth-order valence-corrected chi connectivity index (χ4v) is 3.59. The number of rotatable bonds is 5. The van der Waals surface area contributed by atoms with Crippen molar-refractivity contribution in [3.8, 4) is 11.1 Å². The molecular formula is C19H21N7O. The van der Waals surface area contributed by atoms with Crippen LogP contribution in [-0.2, 0) is 11.2 Å². The van der Waals surface area contributed by atoms with E-state index in [-0.39, 0.29) is 0 Å². The first kappa shape index (κ1) is 16.2. The Morgan fingerprint density at radius 2 is 2.04 bits per heavy atom. The summed E-state index contributed by atoms with van der Waals surface area (Å²) in [4.78, 5) is 13.3. The standard InChI is InChI=1S/C19H21N7O/c1-3-14-9-22-19-21-8-12(11-25(14)19)16-4-5-26-17(16)10-20-18(24-26)23-13-6-15(7-13)27-2/h4-5,8-11,13,15H,3,6-7H2,1-2H3,(H,23,24)/t13-,15+. The molecule has 1 aliphatic carbocycles. The second kappa shape index (κ2) is 6.31. The molecule has 138 valence electrons. The molecule has 0 amide bonds. The zero-order valence-corrected chi connectivity index (χ0v) is 15.3. The van der Waals surface area contributed by atoms with Crippen molar-refractivity contribution in [3.63, 3.8) is 0 Å². The third kappa shape index (κ3) is 2.73. The molecule has 0 saturated heterocycles. The molecule has 0 unspecified atom stereocenters. The number of fused-ring (bicyclic) bond motifs is 2. The van der Waals surface area contributed by atoms with Gasteiger partial charge in [-0.05, 0) is 25.3 Å².